The fraction of sp³-hybridized carbons (Fsp3) is 0.467. The summed E-state index contributed by atoms with van der Waals surface area (Å²) in [6.07, 6.45) is 0. The van der Waals surface area contributed by atoms with Crippen LogP contribution in [-0.4, -0.2) is 35.7 Å². The Kier molecular flexibility index (Phi) is 5.82. The molecule has 0 saturated carbocycles. The van der Waals surface area contributed by atoms with E-state index in [-0.39, 0.29) is 18.1 Å². The van der Waals surface area contributed by atoms with E-state index in [2.05, 4.69) is 0 Å². The van der Waals surface area contributed by atoms with Crippen molar-refractivity contribution >= 4 is 11.7 Å². The third kappa shape index (κ3) is 4.74. The van der Waals surface area contributed by atoms with Crippen molar-refractivity contribution in [2.24, 2.45) is 11.7 Å². The maximum atomic E-state index is 12.9. The predicted molar refractivity (Wildman–Crippen MR) is 75.8 cm³/mol. The number of primary amides is 1. The monoisotopic (exact) mass is 280 g/mol. The molecule has 1 amide bonds. The molecule has 1 rings (SSSR count). The number of hydrogen-bond donors (Lipinski definition) is 1. The third-order valence-electron chi connectivity index (χ3n) is 3.01. The van der Waals surface area contributed by atoms with E-state index in [4.69, 9.17) is 5.73 Å². The zero-order valence-corrected chi connectivity index (χ0v) is 12.1. The van der Waals surface area contributed by atoms with Crippen molar-refractivity contribution in [3.63, 3.8) is 0 Å². The first-order chi connectivity index (χ1) is 9.31. The van der Waals surface area contributed by atoms with Crippen molar-refractivity contribution < 1.29 is 14.0 Å². The summed E-state index contributed by atoms with van der Waals surface area (Å²) < 4.78 is 12.9. The Hall–Kier alpha value is -1.75. The van der Waals surface area contributed by atoms with Gasteiger partial charge in [-0.3, -0.25) is 14.5 Å². The SMILES string of the molecule is CC(C)CN(CC(N)=O)C(C)C(=O)c1ccc(F)cc1. The number of ketones is 1. The predicted octanol–water partition coefficient (Wildman–Crippen LogP) is 1.84. The molecule has 0 saturated heterocycles. The zero-order chi connectivity index (χ0) is 15.3. The Balaban J connectivity index is 2.86. The van der Waals surface area contributed by atoms with Crippen LogP contribution in [0.15, 0.2) is 24.3 Å². The van der Waals surface area contributed by atoms with Crippen molar-refractivity contribution in [3.8, 4) is 0 Å². The molecule has 0 heterocycles. The van der Waals surface area contributed by atoms with E-state index in [9.17, 15) is 14.0 Å². The first kappa shape index (κ1) is 16.3. The topological polar surface area (TPSA) is 63.4 Å². The number of benzene rings is 1. The van der Waals surface area contributed by atoms with Gasteiger partial charge in [-0.05, 0) is 37.1 Å². The van der Waals surface area contributed by atoms with Crippen LogP contribution in [0.25, 0.3) is 0 Å². The average molecular weight is 280 g/mol. The van der Waals surface area contributed by atoms with Crippen molar-refractivity contribution in [1.29, 1.82) is 0 Å². The van der Waals surface area contributed by atoms with E-state index in [1.54, 1.807) is 11.8 Å². The maximum Gasteiger partial charge on any atom is 0.231 e. The lowest BCUT2D eigenvalue weighted by Crippen LogP contribution is -2.45. The van der Waals surface area contributed by atoms with E-state index < -0.39 is 11.9 Å². The summed E-state index contributed by atoms with van der Waals surface area (Å²) in [6.45, 7) is 6.37. The van der Waals surface area contributed by atoms with Gasteiger partial charge in [0.2, 0.25) is 5.91 Å². The zero-order valence-electron chi connectivity index (χ0n) is 12.1. The molecular formula is C15H21FN2O2. The van der Waals surface area contributed by atoms with Crippen LogP contribution >= 0.6 is 0 Å². The number of carbonyl (C=O) groups is 2. The van der Waals surface area contributed by atoms with Gasteiger partial charge in [0.1, 0.15) is 5.82 Å². The van der Waals surface area contributed by atoms with Gasteiger partial charge < -0.3 is 5.73 Å². The Morgan fingerprint density at radius 3 is 2.20 bits per heavy atom. The lowest BCUT2D eigenvalue weighted by atomic mass is 10.0. The summed E-state index contributed by atoms with van der Waals surface area (Å²) in [7, 11) is 0. The molecule has 4 nitrogen and oxygen atoms in total. The van der Waals surface area contributed by atoms with Crippen LogP contribution in [0.5, 0.6) is 0 Å². The highest BCUT2D eigenvalue weighted by Crippen LogP contribution is 2.12. The lowest BCUT2D eigenvalue weighted by molar-refractivity contribution is -0.119. The van der Waals surface area contributed by atoms with E-state index in [0.717, 1.165) is 0 Å². The fourth-order valence-corrected chi connectivity index (χ4v) is 2.05. The Labute approximate surface area is 118 Å². The molecule has 0 aliphatic carbocycles. The molecule has 0 spiro atoms. The first-order valence-electron chi connectivity index (χ1n) is 6.63. The van der Waals surface area contributed by atoms with Gasteiger partial charge in [-0.1, -0.05) is 13.8 Å². The van der Waals surface area contributed by atoms with Crippen LogP contribution in [0.1, 0.15) is 31.1 Å². The highest BCUT2D eigenvalue weighted by Gasteiger charge is 2.24. The van der Waals surface area contributed by atoms with Gasteiger partial charge in [0.15, 0.2) is 5.78 Å². The molecule has 5 heteroatoms. The summed E-state index contributed by atoms with van der Waals surface area (Å²) >= 11 is 0. The molecule has 0 aliphatic rings. The first-order valence-corrected chi connectivity index (χ1v) is 6.63. The number of nitrogens with zero attached hydrogens (tertiary/aromatic N) is 1. The summed E-state index contributed by atoms with van der Waals surface area (Å²) in [6, 6.07) is 4.93. The number of amides is 1. The van der Waals surface area contributed by atoms with Crippen LogP contribution in [0.3, 0.4) is 0 Å². The molecule has 1 unspecified atom stereocenters. The van der Waals surface area contributed by atoms with Crippen LogP contribution in [0.4, 0.5) is 4.39 Å². The van der Waals surface area contributed by atoms with Gasteiger partial charge in [-0.15, -0.1) is 0 Å². The minimum absolute atomic E-state index is 0.0340. The average Bonchev–Trinajstić information content (AvgIpc) is 2.36. The van der Waals surface area contributed by atoms with E-state index in [1.807, 2.05) is 13.8 Å². The number of nitrogens with two attached hydrogens (primary N) is 1. The molecule has 1 atom stereocenters. The number of halogens is 1. The van der Waals surface area contributed by atoms with Gasteiger partial charge in [0, 0.05) is 12.1 Å². The summed E-state index contributed by atoms with van der Waals surface area (Å²) in [5, 5.41) is 0. The van der Waals surface area contributed by atoms with Crippen molar-refractivity contribution in [1.82, 2.24) is 4.90 Å². The van der Waals surface area contributed by atoms with Crippen LogP contribution in [0, 0.1) is 11.7 Å². The Morgan fingerprint density at radius 1 is 1.20 bits per heavy atom. The highest BCUT2D eigenvalue weighted by molar-refractivity contribution is 6.00. The minimum atomic E-state index is -0.477. The molecule has 0 bridgehead atoms. The van der Waals surface area contributed by atoms with Crippen molar-refractivity contribution in [3.05, 3.63) is 35.6 Å². The van der Waals surface area contributed by atoms with Crippen LogP contribution in [-0.2, 0) is 4.79 Å². The quantitative estimate of drug-likeness (QED) is 0.775. The van der Waals surface area contributed by atoms with E-state index in [0.29, 0.717) is 18.0 Å². The molecular weight excluding hydrogens is 259 g/mol. The normalized spacial score (nSPS) is 12.7. The summed E-state index contributed by atoms with van der Waals surface area (Å²) in [5.74, 6) is -0.695. The number of carbonyl (C=O) groups excluding carboxylic acids is 2. The second-order valence-electron chi connectivity index (χ2n) is 5.34. The van der Waals surface area contributed by atoms with Gasteiger partial charge in [-0.25, -0.2) is 4.39 Å². The molecule has 2 N–H and O–H groups in total. The molecule has 1 aromatic rings. The van der Waals surface area contributed by atoms with Crippen molar-refractivity contribution in [2.45, 2.75) is 26.8 Å². The molecule has 110 valence electrons. The smallest absolute Gasteiger partial charge is 0.231 e. The fourth-order valence-electron chi connectivity index (χ4n) is 2.05. The standard InChI is InChI=1S/C15H21FN2O2/c1-10(2)8-18(9-14(17)19)11(3)15(20)12-4-6-13(16)7-5-12/h4-7,10-11H,8-9H2,1-3H3,(H2,17,19). The van der Waals surface area contributed by atoms with Crippen LogP contribution < -0.4 is 5.73 Å². The van der Waals surface area contributed by atoms with Gasteiger partial charge in [0.05, 0.1) is 12.6 Å². The van der Waals surface area contributed by atoms with Gasteiger partial charge in [-0.2, -0.15) is 0 Å². The van der Waals surface area contributed by atoms with Crippen LogP contribution in [0.2, 0.25) is 0 Å². The second kappa shape index (κ2) is 7.14. The summed E-state index contributed by atoms with van der Waals surface area (Å²) in [5.41, 5.74) is 5.65. The van der Waals surface area contributed by atoms with E-state index >= 15 is 0 Å². The molecule has 1 aromatic carbocycles. The molecule has 0 radical (unpaired) electrons. The van der Waals surface area contributed by atoms with Crippen molar-refractivity contribution in [2.75, 3.05) is 13.1 Å². The largest absolute Gasteiger partial charge is 0.369 e. The molecule has 0 aromatic heterocycles. The summed E-state index contributed by atoms with van der Waals surface area (Å²) in [4.78, 5) is 25.2. The van der Waals surface area contributed by atoms with E-state index in [1.165, 1.54) is 24.3 Å². The molecule has 0 fully saturated rings. The highest BCUT2D eigenvalue weighted by atomic mass is 19.1. The number of hydrogen-bond acceptors (Lipinski definition) is 3. The number of rotatable bonds is 7. The Bertz CT molecular complexity index is 471. The Morgan fingerprint density at radius 2 is 1.75 bits per heavy atom. The third-order valence-corrected chi connectivity index (χ3v) is 3.01. The number of Topliss-reactive ketones (excluding diaryl/α,β-unsaturated/α-hetero) is 1. The maximum absolute atomic E-state index is 12.9. The van der Waals surface area contributed by atoms with Gasteiger partial charge >= 0.3 is 0 Å². The minimum Gasteiger partial charge on any atom is -0.369 e. The lowest BCUT2D eigenvalue weighted by Gasteiger charge is -2.28. The van der Waals surface area contributed by atoms with Gasteiger partial charge in [0.25, 0.3) is 0 Å². The molecule has 20 heavy (non-hydrogen) atoms. The second-order valence-corrected chi connectivity index (χ2v) is 5.34. The molecule has 0 aliphatic heterocycles.